The van der Waals surface area contributed by atoms with Crippen LogP contribution in [0.1, 0.15) is 35.3 Å². The van der Waals surface area contributed by atoms with E-state index in [1.165, 1.54) is 0 Å². The Balaban J connectivity index is 1.99. The second-order valence-electron chi connectivity index (χ2n) is 5.46. The first-order chi connectivity index (χ1) is 11.0. The summed E-state index contributed by atoms with van der Waals surface area (Å²) in [4.78, 5) is 12.2. The van der Waals surface area contributed by atoms with Gasteiger partial charge >= 0.3 is 0 Å². The molecule has 0 fully saturated rings. The highest BCUT2D eigenvalue weighted by molar-refractivity contribution is 6.43. The summed E-state index contributed by atoms with van der Waals surface area (Å²) in [6.07, 6.45) is 0.184. The molecule has 0 bridgehead atoms. The van der Waals surface area contributed by atoms with Gasteiger partial charge in [-0.3, -0.25) is 4.79 Å². The first-order valence-corrected chi connectivity index (χ1v) is 8.14. The molecule has 0 saturated carbocycles. The summed E-state index contributed by atoms with van der Waals surface area (Å²) in [5.74, 6) is -0.249. The van der Waals surface area contributed by atoms with Gasteiger partial charge in [0.25, 0.3) is 5.91 Å². The Kier molecular flexibility index (Phi) is 6.46. The fourth-order valence-corrected chi connectivity index (χ4v) is 2.44. The molecule has 122 valence electrons. The summed E-state index contributed by atoms with van der Waals surface area (Å²) in [7, 11) is 0. The van der Waals surface area contributed by atoms with Gasteiger partial charge in [0, 0.05) is 6.54 Å². The lowest BCUT2D eigenvalue weighted by atomic mass is 10.1. The fraction of sp³-hybridized carbons (Fsp3) is 0.278. The van der Waals surface area contributed by atoms with Gasteiger partial charge in [0.05, 0.1) is 28.3 Å². The monoisotopic (exact) mass is 351 g/mol. The fourth-order valence-electron chi connectivity index (χ4n) is 2.05. The molecule has 0 atom stereocenters. The van der Waals surface area contributed by atoms with Crippen LogP contribution in [0.15, 0.2) is 42.5 Å². The van der Waals surface area contributed by atoms with Crippen LogP contribution in [0.2, 0.25) is 10.0 Å². The zero-order valence-electron chi connectivity index (χ0n) is 13.1. The molecule has 23 heavy (non-hydrogen) atoms. The molecule has 0 heterocycles. The first-order valence-electron chi connectivity index (χ1n) is 7.39. The lowest BCUT2D eigenvalue weighted by Gasteiger charge is -2.10. The Labute approximate surface area is 146 Å². The Morgan fingerprint density at radius 1 is 1.13 bits per heavy atom. The van der Waals surface area contributed by atoms with E-state index in [0.29, 0.717) is 23.7 Å². The second kappa shape index (κ2) is 8.34. The number of nitrogens with one attached hydrogen (secondary N) is 1. The van der Waals surface area contributed by atoms with Gasteiger partial charge in [-0.25, -0.2) is 0 Å². The Morgan fingerprint density at radius 2 is 1.83 bits per heavy atom. The third-order valence-electron chi connectivity index (χ3n) is 3.22. The number of carbonyl (C=O) groups excluding carboxylic acids is 1. The molecule has 3 nitrogen and oxygen atoms in total. The van der Waals surface area contributed by atoms with Crippen LogP contribution < -0.4 is 5.32 Å². The molecule has 0 saturated heterocycles. The van der Waals surface area contributed by atoms with Crippen LogP contribution in [0, 0.1) is 0 Å². The van der Waals surface area contributed by atoms with Crippen molar-refractivity contribution in [3.8, 4) is 0 Å². The average molecular weight is 352 g/mol. The number of carbonyl (C=O) groups is 1. The van der Waals surface area contributed by atoms with Crippen molar-refractivity contribution in [2.24, 2.45) is 0 Å². The topological polar surface area (TPSA) is 38.3 Å². The zero-order valence-corrected chi connectivity index (χ0v) is 14.6. The van der Waals surface area contributed by atoms with Crippen LogP contribution in [0.4, 0.5) is 0 Å². The maximum Gasteiger partial charge on any atom is 0.253 e. The van der Waals surface area contributed by atoms with Crippen molar-refractivity contribution in [2.45, 2.75) is 33.1 Å². The van der Waals surface area contributed by atoms with Crippen LogP contribution in [-0.2, 0) is 17.9 Å². The molecule has 1 amide bonds. The van der Waals surface area contributed by atoms with Crippen LogP contribution in [0.3, 0.4) is 0 Å². The summed E-state index contributed by atoms with van der Waals surface area (Å²) in [5.41, 5.74) is 2.45. The number of hydrogen-bond donors (Lipinski definition) is 1. The number of hydrogen-bond acceptors (Lipinski definition) is 2. The van der Waals surface area contributed by atoms with Crippen molar-refractivity contribution in [3.63, 3.8) is 0 Å². The minimum atomic E-state index is -0.249. The highest BCUT2D eigenvalue weighted by Gasteiger charge is 2.12. The van der Waals surface area contributed by atoms with Crippen LogP contribution in [0.25, 0.3) is 0 Å². The summed E-state index contributed by atoms with van der Waals surface area (Å²) < 4.78 is 5.59. The number of benzene rings is 2. The van der Waals surface area contributed by atoms with E-state index in [1.54, 1.807) is 18.2 Å². The Morgan fingerprint density at radius 3 is 2.57 bits per heavy atom. The van der Waals surface area contributed by atoms with Gasteiger partial charge in [0.15, 0.2) is 0 Å². The van der Waals surface area contributed by atoms with Gasteiger partial charge in [-0.05, 0) is 37.1 Å². The molecule has 0 radical (unpaired) electrons. The normalized spacial score (nSPS) is 10.8. The SMILES string of the molecule is CC(C)OCc1cccc(CNC(=O)c2cccc(Cl)c2Cl)c1. The molecular formula is C18H19Cl2NO2. The molecule has 2 aromatic carbocycles. The molecule has 0 aliphatic heterocycles. The van der Waals surface area contributed by atoms with Gasteiger partial charge < -0.3 is 10.1 Å². The first kappa shape index (κ1) is 17.8. The minimum Gasteiger partial charge on any atom is -0.374 e. The third kappa shape index (κ3) is 5.24. The number of rotatable bonds is 6. The maximum absolute atomic E-state index is 12.2. The number of halogens is 2. The van der Waals surface area contributed by atoms with Gasteiger partial charge in [-0.1, -0.05) is 53.5 Å². The van der Waals surface area contributed by atoms with Crippen molar-refractivity contribution >= 4 is 29.1 Å². The predicted molar refractivity (Wildman–Crippen MR) is 94.0 cm³/mol. The summed E-state index contributed by atoms with van der Waals surface area (Å²) in [5, 5.41) is 3.49. The quantitative estimate of drug-likeness (QED) is 0.807. The van der Waals surface area contributed by atoms with E-state index in [1.807, 2.05) is 38.1 Å². The lowest BCUT2D eigenvalue weighted by Crippen LogP contribution is -2.23. The molecule has 1 N–H and O–H groups in total. The maximum atomic E-state index is 12.2. The molecule has 0 aromatic heterocycles. The largest absolute Gasteiger partial charge is 0.374 e. The van der Waals surface area contributed by atoms with Crippen molar-refractivity contribution in [2.75, 3.05) is 0 Å². The minimum absolute atomic E-state index is 0.184. The summed E-state index contributed by atoms with van der Waals surface area (Å²) in [6, 6.07) is 12.9. The van der Waals surface area contributed by atoms with Crippen LogP contribution in [-0.4, -0.2) is 12.0 Å². The smallest absolute Gasteiger partial charge is 0.253 e. The highest BCUT2D eigenvalue weighted by atomic mass is 35.5. The van der Waals surface area contributed by atoms with E-state index >= 15 is 0 Å². The average Bonchev–Trinajstić information content (AvgIpc) is 2.53. The van der Waals surface area contributed by atoms with Crippen LogP contribution in [0.5, 0.6) is 0 Å². The highest BCUT2D eigenvalue weighted by Crippen LogP contribution is 2.25. The van der Waals surface area contributed by atoms with E-state index < -0.39 is 0 Å². The van der Waals surface area contributed by atoms with E-state index in [4.69, 9.17) is 27.9 Å². The Bertz CT molecular complexity index is 686. The van der Waals surface area contributed by atoms with E-state index in [9.17, 15) is 4.79 Å². The van der Waals surface area contributed by atoms with E-state index in [2.05, 4.69) is 5.32 Å². The van der Waals surface area contributed by atoms with Crippen molar-refractivity contribution in [1.82, 2.24) is 5.32 Å². The lowest BCUT2D eigenvalue weighted by molar-refractivity contribution is 0.0657. The molecule has 0 aliphatic rings. The van der Waals surface area contributed by atoms with E-state index in [-0.39, 0.29) is 17.0 Å². The van der Waals surface area contributed by atoms with Crippen molar-refractivity contribution < 1.29 is 9.53 Å². The van der Waals surface area contributed by atoms with Gasteiger partial charge in [-0.15, -0.1) is 0 Å². The van der Waals surface area contributed by atoms with Gasteiger partial charge in [-0.2, -0.15) is 0 Å². The number of ether oxygens (including phenoxy) is 1. The van der Waals surface area contributed by atoms with E-state index in [0.717, 1.165) is 11.1 Å². The summed E-state index contributed by atoms with van der Waals surface area (Å²) >= 11 is 12.0. The Hall–Kier alpha value is -1.55. The predicted octanol–water partition coefficient (Wildman–Crippen LogP) is 4.85. The van der Waals surface area contributed by atoms with Crippen LogP contribution >= 0.6 is 23.2 Å². The van der Waals surface area contributed by atoms with Crippen molar-refractivity contribution in [1.29, 1.82) is 0 Å². The number of amides is 1. The molecule has 2 aromatic rings. The van der Waals surface area contributed by atoms with Gasteiger partial charge in [0.2, 0.25) is 0 Å². The molecule has 0 unspecified atom stereocenters. The summed E-state index contributed by atoms with van der Waals surface area (Å²) in [6.45, 7) is 4.97. The molecule has 5 heteroatoms. The molecule has 0 aliphatic carbocycles. The molecule has 0 spiro atoms. The zero-order chi connectivity index (χ0) is 16.8. The molecular weight excluding hydrogens is 333 g/mol. The standard InChI is InChI=1S/C18H19Cl2NO2/c1-12(2)23-11-14-6-3-5-13(9-14)10-21-18(22)15-7-4-8-16(19)17(15)20/h3-9,12H,10-11H2,1-2H3,(H,21,22). The second-order valence-corrected chi connectivity index (χ2v) is 6.25. The van der Waals surface area contributed by atoms with Gasteiger partial charge in [0.1, 0.15) is 0 Å². The van der Waals surface area contributed by atoms with Crippen molar-refractivity contribution in [3.05, 3.63) is 69.2 Å². The molecule has 2 rings (SSSR count). The third-order valence-corrected chi connectivity index (χ3v) is 4.04.